The van der Waals surface area contributed by atoms with Crippen molar-refractivity contribution in [3.63, 3.8) is 0 Å². The van der Waals surface area contributed by atoms with Crippen molar-refractivity contribution in [1.82, 2.24) is 5.32 Å². The third kappa shape index (κ3) is 5.28. The topological polar surface area (TPSA) is 46.2 Å². The highest BCUT2D eigenvalue weighted by Crippen LogP contribution is 2.24. The molecule has 0 aliphatic heterocycles. The molecule has 0 amide bonds. The number of benzene rings is 1. The van der Waals surface area contributed by atoms with Crippen LogP contribution < -0.4 is 5.32 Å². The van der Waals surface area contributed by atoms with Crippen LogP contribution >= 0.6 is 11.6 Å². The van der Waals surface area contributed by atoms with Crippen LogP contribution in [-0.2, 0) is 16.4 Å². The minimum absolute atomic E-state index is 0.313. The van der Waals surface area contributed by atoms with Crippen molar-refractivity contribution in [2.45, 2.75) is 39.1 Å². The molecule has 3 nitrogen and oxygen atoms in total. The average molecular weight is 332 g/mol. The first-order valence-electron chi connectivity index (χ1n) is 7.32. The van der Waals surface area contributed by atoms with Gasteiger partial charge in [0.15, 0.2) is 9.84 Å². The van der Waals surface area contributed by atoms with E-state index >= 15 is 0 Å². The summed E-state index contributed by atoms with van der Waals surface area (Å²) in [6.07, 6.45) is 1.22. The molecule has 0 radical (unpaired) electrons. The fraction of sp³-hybridized carbons (Fsp3) is 0.625. The quantitative estimate of drug-likeness (QED) is 0.827. The van der Waals surface area contributed by atoms with Gasteiger partial charge in [-0.3, -0.25) is 0 Å². The largest absolute Gasteiger partial charge is 0.312 e. The minimum Gasteiger partial charge on any atom is -0.312 e. The summed E-state index contributed by atoms with van der Waals surface area (Å²) in [4.78, 5) is 0.313. The van der Waals surface area contributed by atoms with Crippen molar-refractivity contribution >= 4 is 21.4 Å². The van der Waals surface area contributed by atoms with Gasteiger partial charge >= 0.3 is 0 Å². The highest BCUT2D eigenvalue weighted by Gasteiger charge is 2.19. The van der Waals surface area contributed by atoms with Crippen LogP contribution in [0.4, 0.5) is 0 Å². The smallest absolute Gasteiger partial charge is 0.175 e. The van der Waals surface area contributed by atoms with E-state index in [1.54, 1.807) is 18.2 Å². The van der Waals surface area contributed by atoms with Gasteiger partial charge in [-0.25, -0.2) is 8.42 Å². The Morgan fingerprint density at radius 2 is 1.71 bits per heavy atom. The second-order valence-electron chi connectivity index (χ2n) is 6.27. The Hall–Kier alpha value is -0.580. The molecule has 0 unspecified atom stereocenters. The van der Waals surface area contributed by atoms with E-state index in [0.717, 1.165) is 6.54 Å². The van der Waals surface area contributed by atoms with Gasteiger partial charge in [0.2, 0.25) is 0 Å². The standard InChI is InChI=1S/C16H26ClNO2S/c1-11(2)13(12(3)4)9-18-10-14-15(17)7-6-8-16(14)21(5,19)20/h6-8,11-13,18H,9-10H2,1-5H3. The van der Waals surface area contributed by atoms with Crippen molar-refractivity contribution in [1.29, 1.82) is 0 Å². The number of nitrogens with one attached hydrogen (secondary N) is 1. The van der Waals surface area contributed by atoms with Gasteiger partial charge in [0.1, 0.15) is 0 Å². The van der Waals surface area contributed by atoms with Crippen molar-refractivity contribution in [3.05, 3.63) is 28.8 Å². The Morgan fingerprint density at radius 3 is 2.19 bits per heavy atom. The Kier molecular flexibility index (Phi) is 6.70. The van der Waals surface area contributed by atoms with Crippen LogP contribution in [0.25, 0.3) is 0 Å². The Labute approximate surface area is 134 Å². The molecule has 0 fully saturated rings. The van der Waals surface area contributed by atoms with Crippen molar-refractivity contribution < 1.29 is 8.42 Å². The predicted octanol–water partition coefficient (Wildman–Crippen LogP) is 3.76. The molecule has 0 heterocycles. The molecule has 0 spiro atoms. The Balaban J connectivity index is 2.85. The predicted molar refractivity (Wildman–Crippen MR) is 89.4 cm³/mol. The maximum absolute atomic E-state index is 11.8. The van der Waals surface area contributed by atoms with Gasteiger partial charge in [-0.1, -0.05) is 45.4 Å². The van der Waals surface area contributed by atoms with E-state index in [1.807, 2.05) is 0 Å². The molecule has 120 valence electrons. The molecule has 0 saturated carbocycles. The van der Waals surface area contributed by atoms with E-state index in [-0.39, 0.29) is 0 Å². The highest BCUT2D eigenvalue weighted by atomic mass is 35.5. The van der Waals surface area contributed by atoms with Crippen molar-refractivity contribution in [2.75, 3.05) is 12.8 Å². The number of hydrogen-bond donors (Lipinski definition) is 1. The molecule has 5 heteroatoms. The van der Waals surface area contributed by atoms with Crippen LogP contribution in [0.2, 0.25) is 5.02 Å². The molecule has 0 saturated heterocycles. The number of sulfone groups is 1. The van der Waals surface area contributed by atoms with Crippen LogP contribution in [0.1, 0.15) is 33.3 Å². The SMILES string of the molecule is CC(C)C(CNCc1c(Cl)cccc1S(C)(=O)=O)C(C)C. The summed E-state index contributed by atoms with van der Waals surface area (Å²) >= 11 is 6.17. The fourth-order valence-electron chi connectivity index (χ4n) is 2.66. The normalized spacial score (nSPS) is 12.6. The number of halogens is 1. The molecule has 0 aliphatic carbocycles. The summed E-state index contributed by atoms with van der Waals surface area (Å²) in [5.74, 6) is 1.71. The Bertz CT molecular complexity index is 560. The van der Waals surface area contributed by atoms with Crippen LogP contribution in [0.3, 0.4) is 0 Å². The first-order chi connectivity index (χ1) is 9.64. The lowest BCUT2D eigenvalue weighted by atomic mass is 9.85. The van der Waals surface area contributed by atoms with Crippen molar-refractivity contribution in [3.8, 4) is 0 Å². The monoisotopic (exact) mass is 331 g/mol. The van der Waals surface area contributed by atoms with Crippen LogP contribution in [-0.4, -0.2) is 21.2 Å². The second kappa shape index (κ2) is 7.61. The molecule has 1 N–H and O–H groups in total. The van der Waals surface area contributed by atoms with E-state index in [4.69, 9.17) is 11.6 Å². The molecule has 0 bridgehead atoms. The summed E-state index contributed by atoms with van der Waals surface area (Å²) in [7, 11) is -3.26. The Morgan fingerprint density at radius 1 is 1.14 bits per heavy atom. The summed E-state index contributed by atoms with van der Waals surface area (Å²) in [5.41, 5.74) is 0.660. The highest BCUT2D eigenvalue weighted by molar-refractivity contribution is 7.90. The molecule has 1 aromatic carbocycles. The van der Waals surface area contributed by atoms with E-state index in [2.05, 4.69) is 33.0 Å². The summed E-state index contributed by atoms with van der Waals surface area (Å²) < 4.78 is 23.7. The van der Waals surface area contributed by atoms with Gasteiger partial charge in [0.05, 0.1) is 4.90 Å². The van der Waals surface area contributed by atoms with Gasteiger partial charge in [-0.2, -0.15) is 0 Å². The zero-order valence-electron chi connectivity index (χ0n) is 13.5. The maximum Gasteiger partial charge on any atom is 0.175 e. The molecule has 0 atom stereocenters. The maximum atomic E-state index is 11.8. The molecule has 0 aromatic heterocycles. The van der Waals surface area contributed by atoms with Gasteiger partial charge in [-0.15, -0.1) is 0 Å². The first-order valence-corrected chi connectivity index (χ1v) is 9.59. The van der Waals surface area contributed by atoms with E-state index in [0.29, 0.717) is 39.8 Å². The number of hydrogen-bond acceptors (Lipinski definition) is 3. The fourth-order valence-corrected chi connectivity index (χ4v) is 3.92. The lowest BCUT2D eigenvalue weighted by Crippen LogP contribution is -2.30. The van der Waals surface area contributed by atoms with Crippen LogP contribution in [0.5, 0.6) is 0 Å². The zero-order chi connectivity index (χ0) is 16.2. The third-order valence-corrected chi connectivity index (χ3v) is 5.41. The molecule has 21 heavy (non-hydrogen) atoms. The lowest BCUT2D eigenvalue weighted by molar-refractivity contribution is 0.275. The molecule has 1 aromatic rings. The molecule has 1 rings (SSSR count). The first kappa shape index (κ1) is 18.5. The molecular formula is C16H26ClNO2S. The molecule has 0 aliphatic rings. The van der Waals surface area contributed by atoms with Gasteiger partial charge in [0, 0.05) is 23.4 Å². The van der Waals surface area contributed by atoms with Gasteiger partial charge < -0.3 is 5.32 Å². The van der Waals surface area contributed by atoms with Crippen molar-refractivity contribution in [2.24, 2.45) is 17.8 Å². The minimum atomic E-state index is -3.26. The zero-order valence-corrected chi connectivity index (χ0v) is 15.1. The van der Waals surface area contributed by atoms with E-state index in [1.165, 1.54) is 6.26 Å². The summed E-state index contributed by atoms with van der Waals surface area (Å²) in [6.45, 7) is 10.2. The summed E-state index contributed by atoms with van der Waals surface area (Å²) in [5, 5.41) is 3.87. The second-order valence-corrected chi connectivity index (χ2v) is 8.66. The summed E-state index contributed by atoms with van der Waals surface area (Å²) in [6, 6.07) is 5.02. The lowest BCUT2D eigenvalue weighted by Gasteiger charge is -2.25. The van der Waals surface area contributed by atoms with Gasteiger partial charge in [0.25, 0.3) is 0 Å². The van der Waals surface area contributed by atoms with E-state index in [9.17, 15) is 8.42 Å². The third-order valence-electron chi connectivity index (χ3n) is 3.87. The number of rotatable bonds is 7. The van der Waals surface area contributed by atoms with Gasteiger partial charge in [-0.05, 0) is 36.4 Å². The van der Waals surface area contributed by atoms with Crippen LogP contribution in [0.15, 0.2) is 23.1 Å². The molecular weight excluding hydrogens is 306 g/mol. The average Bonchev–Trinajstić information content (AvgIpc) is 2.33. The van der Waals surface area contributed by atoms with Crippen LogP contribution in [0, 0.1) is 17.8 Å². The van der Waals surface area contributed by atoms with E-state index < -0.39 is 9.84 Å².